The van der Waals surface area contributed by atoms with Crippen molar-refractivity contribution in [2.75, 3.05) is 6.61 Å². The van der Waals surface area contributed by atoms with Gasteiger partial charge in [-0.25, -0.2) is 4.79 Å². The maximum atomic E-state index is 13.3. The average molecular weight is 316 g/mol. The van der Waals surface area contributed by atoms with Gasteiger partial charge in [0, 0.05) is 6.54 Å². The minimum absolute atomic E-state index is 0.0211. The van der Waals surface area contributed by atoms with Crippen LogP contribution in [-0.4, -0.2) is 22.4 Å². The van der Waals surface area contributed by atoms with E-state index in [0.717, 1.165) is 25.7 Å². The Morgan fingerprint density at radius 1 is 1.45 bits per heavy atom. The van der Waals surface area contributed by atoms with Crippen molar-refractivity contribution < 1.29 is 22.7 Å². The van der Waals surface area contributed by atoms with E-state index in [1.165, 1.54) is 11.6 Å². The lowest BCUT2D eigenvalue weighted by Crippen LogP contribution is -2.34. The Morgan fingerprint density at radius 2 is 2.14 bits per heavy atom. The summed E-state index contributed by atoms with van der Waals surface area (Å²) in [6.45, 7) is 3.27. The highest BCUT2D eigenvalue weighted by Crippen LogP contribution is 2.59. The highest BCUT2D eigenvalue weighted by atomic mass is 19.4. The summed E-state index contributed by atoms with van der Waals surface area (Å²) in [5, 5.41) is 4.01. The summed E-state index contributed by atoms with van der Waals surface area (Å²) in [5.41, 5.74) is -1.55. The van der Waals surface area contributed by atoms with Crippen LogP contribution in [0, 0.1) is 18.3 Å². The zero-order valence-electron chi connectivity index (χ0n) is 12.7. The quantitative estimate of drug-likeness (QED) is 0.798. The molecule has 3 fully saturated rings. The van der Waals surface area contributed by atoms with Gasteiger partial charge in [0.25, 0.3) is 0 Å². The number of aromatic nitrogens is 2. The monoisotopic (exact) mass is 316 g/mol. The fraction of sp³-hybridized carbons (Fsp3) is 0.733. The molecule has 2 bridgehead atoms. The van der Waals surface area contributed by atoms with E-state index in [0.29, 0.717) is 12.5 Å². The molecule has 1 aromatic rings. The van der Waals surface area contributed by atoms with Gasteiger partial charge in [0.15, 0.2) is 5.69 Å². The van der Waals surface area contributed by atoms with Gasteiger partial charge in [-0.3, -0.25) is 4.68 Å². The first-order valence-corrected chi connectivity index (χ1v) is 7.57. The molecule has 0 N–H and O–H groups in total. The van der Waals surface area contributed by atoms with Gasteiger partial charge in [-0.2, -0.15) is 18.3 Å². The van der Waals surface area contributed by atoms with Crippen LogP contribution in [0.25, 0.3) is 0 Å². The van der Waals surface area contributed by atoms with Gasteiger partial charge in [0.05, 0.1) is 12.3 Å². The molecular weight excluding hydrogens is 297 g/mol. The van der Waals surface area contributed by atoms with Gasteiger partial charge in [0.1, 0.15) is 5.56 Å². The smallest absolute Gasteiger partial charge is 0.420 e. The van der Waals surface area contributed by atoms with Crippen molar-refractivity contribution in [3.8, 4) is 0 Å². The Bertz CT molecular complexity index is 595. The number of nitrogens with zero attached hydrogens (tertiary/aromatic N) is 2. The molecular formula is C15H19F3N2O2. The second-order valence-electron chi connectivity index (χ2n) is 6.50. The van der Waals surface area contributed by atoms with Crippen LogP contribution in [0.5, 0.6) is 0 Å². The lowest BCUT2D eigenvalue weighted by atomic mass is 9.70. The molecule has 3 saturated carbocycles. The van der Waals surface area contributed by atoms with Crippen LogP contribution >= 0.6 is 0 Å². The Morgan fingerprint density at radius 3 is 2.64 bits per heavy atom. The van der Waals surface area contributed by atoms with E-state index in [2.05, 4.69) is 5.10 Å². The van der Waals surface area contributed by atoms with Crippen LogP contribution in [0.15, 0.2) is 0 Å². The number of carbonyl (C=O) groups excluding carboxylic acids is 1. The van der Waals surface area contributed by atoms with Crippen LogP contribution in [0.3, 0.4) is 0 Å². The van der Waals surface area contributed by atoms with Crippen LogP contribution in [0.1, 0.15) is 54.4 Å². The number of alkyl halides is 3. The third kappa shape index (κ3) is 2.40. The molecule has 0 amide bonds. The lowest BCUT2D eigenvalue weighted by Gasteiger charge is -2.38. The second-order valence-corrected chi connectivity index (χ2v) is 6.50. The predicted octanol–water partition coefficient (Wildman–Crippen LogP) is 3.58. The SMILES string of the molecule is CCOC(=O)c1c(C(F)(F)F)c(C)nn1CC12CCC(C1)C2. The van der Waals surface area contributed by atoms with Gasteiger partial charge >= 0.3 is 12.1 Å². The maximum absolute atomic E-state index is 13.3. The number of ether oxygens (including phenoxy) is 1. The summed E-state index contributed by atoms with van der Waals surface area (Å²) in [4.78, 5) is 12.1. The normalized spacial score (nSPS) is 26.9. The standard InChI is InChI=1S/C15H19F3N2O2/c1-3-22-13(21)12-11(15(16,17)18)9(2)19-20(12)8-14-5-4-10(6-14)7-14/h10H,3-8H2,1-2H3. The van der Waals surface area contributed by atoms with Crippen molar-refractivity contribution in [3.63, 3.8) is 0 Å². The summed E-state index contributed by atoms with van der Waals surface area (Å²) in [7, 11) is 0. The topological polar surface area (TPSA) is 44.1 Å². The van der Waals surface area contributed by atoms with Crippen molar-refractivity contribution in [1.29, 1.82) is 0 Å². The van der Waals surface area contributed by atoms with Crippen molar-refractivity contribution in [2.45, 2.75) is 52.3 Å². The Hall–Kier alpha value is -1.53. The number of rotatable bonds is 4. The fourth-order valence-electron chi connectivity index (χ4n) is 4.05. The molecule has 4 nitrogen and oxygen atoms in total. The van der Waals surface area contributed by atoms with Crippen LogP contribution < -0.4 is 0 Å². The number of fused-ring (bicyclic) bond motifs is 1. The number of hydrogen-bond acceptors (Lipinski definition) is 3. The molecule has 122 valence electrons. The minimum Gasteiger partial charge on any atom is -0.461 e. The van der Waals surface area contributed by atoms with E-state index in [9.17, 15) is 18.0 Å². The largest absolute Gasteiger partial charge is 0.461 e. The van der Waals surface area contributed by atoms with Crippen molar-refractivity contribution >= 4 is 5.97 Å². The molecule has 0 radical (unpaired) electrons. The van der Waals surface area contributed by atoms with Crippen molar-refractivity contribution in [1.82, 2.24) is 9.78 Å². The van der Waals surface area contributed by atoms with Gasteiger partial charge in [0.2, 0.25) is 0 Å². The van der Waals surface area contributed by atoms with Gasteiger partial charge < -0.3 is 4.74 Å². The molecule has 0 atom stereocenters. The molecule has 3 aliphatic rings. The number of hydrogen-bond donors (Lipinski definition) is 0. The summed E-state index contributed by atoms with van der Waals surface area (Å²) in [6, 6.07) is 0. The van der Waals surface area contributed by atoms with Crippen LogP contribution in [-0.2, 0) is 17.5 Å². The van der Waals surface area contributed by atoms with Crippen LogP contribution in [0.4, 0.5) is 13.2 Å². The summed E-state index contributed by atoms with van der Waals surface area (Å²) in [5.74, 6) is -0.245. The molecule has 0 saturated heterocycles. The summed E-state index contributed by atoms with van der Waals surface area (Å²) in [6.07, 6.45) is -0.438. The molecule has 7 heteroatoms. The Labute approximate surface area is 126 Å². The Kier molecular flexibility index (Phi) is 3.49. The third-order valence-electron chi connectivity index (χ3n) is 4.89. The zero-order chi connectivity index (χ0) is 16.1. The molecule has 3 aliphatic carbocycles. The van der Waals surface area contributed by atoms with Gasteiger partial charge in [-0.15, -0.1) is 0 Å². The van der Waals surface area contributed by atoms with Crippen LogP contribution in [0.2, 0.25) is 0 Å². The van der Waals surface area contributed by atoms with Gasteiger partial charge in [-0.1, -0.05) is 0 Å². The predicted molar refractivity (Wildman–Crippen MR) is 72.3 cm³/mol. The average Bonchev–Trinajstić information content (AvgIpc) is 3.00. The Balaban J connectivity index is 1.99. The van der Waals surface area contributed by atoms with E-state index in [1.54, 1.807) is 6.92 Å². The van der Waals surface area contributed by atoms with E-state index in [1.807, 2.05) is 0 Å². The number of aryl methyl sites for hydroxylation is 1. The first kappa shape index (κ1) is 15.4. The lowest BCUT2D eigenvalue weighted by molar-refractivity contribution is -0.138. The molecule has 22 heavy (non-hydrogen) atoms. The maximum Gasteiger partial charge on any atom is 0.420 e. The first-order valence-electron chi connectivity index (χ1n) is 7.57. The first-order chi connectivity index (χ1) is 10.3. The molecule has 0 unspecified atom stereocenters. The van der Waals surface area contributed by atoms with Gasteiger partial charge in [-0.05, 0) is 50.9 Å². The number of halogens is 3. The van der Waals surface area contributed by atoms with E-state index < -0.39 is 23.4 Å². The van der Waals surface area contributed by atoms with E-state index in [-0.39, 0.29) is 17.7 Å². The van der Waals surface area contributed by atoms with E-state index >= 15 is 0 Å². The van der Waals surface area contributed by atoms with Crippen molar-refractivity contribution in [2.24, 2.45) is 11.3 Å². The number of carbonyl (C=O) groups is 1. The van der Waals surface area contributed by atoms with Crippen molar-refractivity contribution in [3.05, 3.63) is 17.0 Å². The summed E-state index contributed by atoms with van der Waals surface area (Å²) < 4.78 is 45.9. The zero-order valence-corrected chi connectivity index (χ0v) is 12.7. The highest BCUT2D eigenvalue weighted by molar-refractivity contribution is 5.89. The molecule has 4 rings (SSSR count). The molecule has 0 spiro atoms. The fourth-order valence-corrected chi connectivity index (χ4v) is 4.05. The third-order valence-corrected chi connectivity index (χ3v) is 4.89. The second kappa shape index (κ2) is 4.99. The molecule has 1 aromatic heterocycles. The minimum atomic E-state index is -4.61. The number of esters is 1. The summed E-state index contributed by atoms with van der Waals surface area (Å²) >= 11 is 0. The molecule has 0 aliphatic heterocycles. The molecule has 0 aromatic carbocycles. The highest BCUT2D eigenvalue weighted by Gasteiger charge is 2.51. The van der Waals surface area contributed by atoms with E-state index in [4.69, 9.17) is 4.74 Å². The molecule has 1 heterocycles.